The fourth-order valence-electron chi connectivity index (χ4n) is 1.90. The van der Waals surface area contributed by atoms with Crippen LogP contribution in [-0.2, 0) is 0 Å². The van der Waals surface area contributed by atoms with Crippen molar-refractivity contribution >= 4 is 17.4 Å². The van der Waals surface area contributed by atoms with Gasteiger partial charge in [-0.2, -0.15) is 0 Å². The highest BCUT2D eigenvalue weighted by Gasteiger charge is 2.18. The molecule has 17 heavy (non-hydrogen) atoms. The Morgan fingerprint density at radius 2 is 2.53 bits per heavy atom. The Hall–Kier alpha value is -1.14. The highest BCUT2D eigenvalue weighted by Crippen LogP contribution is 2.29. The molecule has 5 nitrogen and oxygen atoms in total. The predicted octanol–water partition coefficient (Wildman–Crippen LogP) is 2.08. The molecule has 1 aliphatic rings. The third-order valence-corrected chi connectivity index (χ3v) is 4.03. The number of aromatic nitrogens is 1. The van der Waals surface area contributed by atoms with Gasteiger partial charge < -0.3 is 5.32 Å². The minimum absolute atomic E-state index is 0.112. The van der Waals surface area contributed by atoms with E-state index >= 15 is 0 Å². The van der Waals surface area contributed by atoms with Gasteiger partial charge in [-0.15, -0.1) is 0 Å². The van der Waals surface area contributed by atoms with Gasteiger partial charge in [0, 0.05) is 18.0 Å². The molecule has 2 rings (SSSR count). The van der Waals surface area contributed by atoms with Crippen LogP contribution in [0.15, 0.2) is 23.4 Å². The number of rotatable bonds is 4. The summed E-state index contributed by atoms with van der Waals surface area (Å²) in [6.07, 6.45) is 3.99. The Morgan fingerprint density at radius 1 is 1.65 bits per heavy atom. The molecule has 0 saturated carbocycles. The molecule has 0 amide bonds. The summed E-state index contributed by atoms with van der Waals surface area (Å²) < 4.78 is 0. The third kappa shape index (κ3) is 3.41. The first kappa shape index (κ1) is 12.3. The van der Waals surface area contributed by atoms with Crippen molar-refractivity contribution in [3.63, 3.8) is 0 Å². The molecule has 0 aliphatic carbocycles. The molecular weight excluding hydrogens is 238 g/mol. The first-order valence-corrected chi connectivity index (χ1v) is 6.69. The molecule has 0 aromatic carbocycles. The number of pyridine rings is 1. The van der Waals surface area contributed by atoms with Gasteiger partial charge in [-0.1, -0.05) is 11.8 Å². The molecule has 1 aromatic heterocycles. The number of hydrogen-bond acceptors (Lipinski definition) is 5. The summed E-state index contributed by atoms with van der Waals surface area (Å²) in [5.41, 5.74) is 0.112. The molecule has 6 heteroatoms. The van der Waals surface area contributed by atoms with Gasteiger partial charge in [0.2, 0.25) is 0 Å². The monoisotopic (exact) mass is 253 g/mol. The minimum atomic E-state index is -0.367. The second-order valence-corrected chi connectivity index (χ2v) is 5.12. The quantitative estimate of drug-likeness (QED) is 0.505. The largest absolute Gasteiger partial charge is 0.316 e. The Morgan fingerprint density at radius 3 is 3.24 bits per heavy atom. The number of thioether (sulfide) groups is 1. The van der Waals surface area contributed by atoms with Crippen LogP contribution < -0.4 is 5.32 Å². The number of piperidine rings is 1. The van der Waals surface area contributed by atoms with E-state index in [1.54, 1.807) is 12.3 Å². The van der Waals surface area contributed by atoms with Crippen molar-refractivity contribution in [3.8, 4) is 0 Å². The van der Waals surface area contributed by atoms with Gasteiger partial charge in [0.1, 0.15) is 0 Å². The zero-order valence-electron chi connectivity index (χ0n) is 9.46. The summed E-state index contributed by atoms with van der Waals surface area (Å²) in [5, 5.41) is 14.7. The van der Waals surface area contributed by atoms with E-state index in [-0.39, 0.29) is 10.6 Å². The number of nitro groups is 1. The van der Waals surface area contributed by atoms with Gasteiger partial charge in [0.25, 0.3) is 0 Å². The molecule has 1 fully saturated rings. The van der Waals surface area contributed by atoms with Crippen molar-refractivity contribution < 1.29 is 4.92 Å². The van der Waals surface area contributed by atoms with E-state index in [4.69, 9.17) is 0 Å². The lowest BCUT2D eigenvalue weighted by Crippen LogP contribution is -2.30. The maximum absolute atomic E-state index is 10.8. The first-order chi connectivity index (χ1) is 8.27. The van der Waals surface area contributed by atoms with Gasteiger partial charge in [0.15, 0.2) is 5.03 Å². The molecule has 1 aromatic rings. The van der Waals surface area contributed by atoms with E-state index < -0.39 is 0 Å². The van der Waals surface area contributed by atoms with Crippen molar-refractivity contribution in [1.82, 2.24) is 10.3 Å². The molecule has 1 saturated heterocycles. The Labute approximate surface area is 104 Å². The standard InChI is InChI=1S/C11H15N3O2S/c15-14(16)10-4-2-6-13-11(10)17-8-9-3-1-5-12-7-9/h2,4,6,9,12H,1,3,5,7-8H2/t9-/m0/s1. The van der Waals surface area contributed by atoms with Crippen LogP contribution in [0.1, 0.15) is 12.8 Å². The number of nitrogens with one attached hydrogen (secondary N) is 1. The lowest BCUT2D eigenvalue weighted by molar-refractivity contribution is -0.388. The Bertz CT molecular complexity index is 394. The smallest absolute Gasteiger partial charge is 0.301 e. The minimum Gasteiger partial charge on any atom is -0.316 e. The summed E-state index contributed by atoms with van der Waals surface area (Å²) in [7, 11) is 0. The van der Waals surface area contributed by atoms with Crippen LogP contribution in [0.2, 0.25) is 0 Å². The summed E-state index contributed by atoms with van der Waals surface area (Å²) >= 11 is 1.49. The third-order valence-electron chi connectivity index (χ3n) is 2.80. The van der Waals surface area contributed by atoms with Crippen LogP contribution in [0.3, 0.4) is 0 Å². The van der Waals surface area contributed by atoms with Gasteiger partial charge in [0.05, 0.1) is 4.92 Å². The Balaban J connectivity index is 1.96. The molecule has 0 spiro atoms. The van der Waals surface area contributed by atoms with Gasteiger partial charge in [-0.3, -0.25) is 10.1 Å². The summed E-state index contributed by atoms with van der Waals surface area (Å²) in [5.74, 6) is 1.49. The molecule has 2 heterocycles. The number of nitrogens with zero attached hydrogens (tertiary/aromatic N) is 2. The van der Waals surface area contributed by atoms with Crippen molar-refractivity contribution in [2.24, 2.45) is 5.92 Å². The second-order valence-electron chi connectivity index (χ2n) is 4.11. The normalized spacial score (nSPS) is 20.1. The maximum atomic E-state index is 10.8. The zero-order valence-corrected chi connectivity index (χ0v) is 10.3. The Kier molecular flexibility index (Phi) is 4.33. The lowest BCUT2D eigenvalue weighted by Gasteiger charge is -2.21. The SMILES string of the molecule is O=[N+]([O-])c1cccnc1SC[C@H]1CCCNC1. The molecule has 1 aliphatic heterocycles. The average Bonchev–Trinajstić information content (AvgIpc) is 2.38. The van der Waals surface area contributed by atoms with Crippen LogP contribution in [-0.4, -0.2) is 28.7 Å². The lowest BCUT2D eigenvalue weighted by atomic mass is 10.0. The van der Waals surface area contributed by atoms with Crippen molar-refractivity contribution in [1.29, 1.82) is 0 Å². The van der Waals surface area contributed by atoms with Crippen molar-refractivity contribution in [2.45, 2.75) is 17.9 Å². The average molecular weight is 253 g/mol. The van der Waals surface area contributed by atoms with Crippen LogP contribution in [0.5, 0.6) is 0 Å². The second kappa shape index (κ2) is 5.97. The van der Waals surface area contributed by atoms with Crippen molar-refractivity contribution in [3.05, 3.63) is 28.4 Å². The molecule has 0 unspecified atom stereocenters. The zero-order chi connectivity index (χ0) is 12.1. The van der Waals surface area contributed by atoms with Gasteiger partial charge >= 0.3 is 5.69 Å². The van der Waals surface area contributed by atoms with E-state index in [1.165, 1.54) is 30.7 Å². The van der Waals surface area contributed by atoms with E-state index in [0.29, 0.717) is 10.9 Å². The van der Waals surface area contributed by atoms with Crippen LogP contribution in [0.25, 0.3) is 0 Å². The fraction of sp³-hybridized carbons (Fsp3) is 0.545. The van der Waals surface area contributed by atoms with E-state index in [1.807, 2.05) is 0 Å². The summed E-state index contributed by atoms with van der Waals surface area (Å²) in [6, 6.07) is 3.11. The molecule has 1 N–H and O–H groups in total. The van der Waals surface area contributed by atoms with Crippen LogP contribution >= 0.6 is 11.8 Å². The van der Waals surface area contributed by atoms with Crippen LogP contribution in [0, 0.1) is 16.0 Å². The van der Waals surface area contributed by atoms with Crippen LogP contribution in [0.4, 0.5) is 5.69 Å². The van der Waals surface area contributed by atoms with Crippen molar-refractivity contribution in [2.75, 3.05) is 18.8 Å². The molecule has 0 bridgehead atoms. The topological polar surface area (TPSA) is 68.1 Å². The molecular formula is C11H15N3O2S. The summed E-state index contributed by atoms with van der Waals surface area (Å²) in [4.78, 5) is 14.5. The highest BCUT2D eigenvalue weighted by molar-refractivity contribution is 7.99. The van der Waals surface area contributed by atoms with Gasteiger partial charge in [-0.05, 0) is 37.9 Å². The van der Waals surface area contributed by atoms with E-state index in [0.717, 1.165) is 18.8 Å². The molecule has 0 radical (unpaired) electrons. The van der Waals surface area contributed by atoms with E-state index in [9.17, 15) is 10.1 Å². The molecule has 92 valence electrons. The first-order valence-electron chi connectivity index (χ1n) is 5.70. The fourth-order valence-corrected chi connectivity index (χ4v) is 3.00. The predicted molar refractivity (Wildman–Crippen MR) is 67.2 cm³/mol. The van der Waals surface area contributed by atoms with Gasteiger partial charge in [-0.25, -0.2) is 4.98 Å². The summed E-state index contributed by atoms with van der Waals surface area (Å²) in [6.45, 7) is 2.10. The number of hydrogen-bond donors (Lipinski definition) is 1. The highest BCUT2D eigenvalue weighted by atomic mass is 32.2. The maximum Gasteiger partial charge on any atom is 0.301 e. The van der Waals surface area contributed by atoms with E-state index in [2.05, 4.69) is 10.3 Å². The molecule has 1 atom stereocenters.